The first-order valence-corrected chi connectivity index (χ1v) is 10.4. The Balaban J connectivity index is 1.68. The molecule has 0 unspecified atom stereocenters. The minimum atomic E-state index is -0.736. The first kappa shape index (κ1) is 22.2. The summed E-state index contributed by atoms with van der Waals surface area (Å²) in [5, 5.41) is 7.82. The van der Waals surface area contributed by atoms with E-state index in [1.54, 1.807) is 24.3 Å². The number of aromatic nitrogens is 2. The molecule has 31 heavy (non-hydrogen) atoms. The minimum absolute atomic E-state index is 0.0290. The van der Waals surface area contributed by atoms with Gasteiger partial charge in [0.2, 0.25) is 0 Å². The largest absolute Gasteiger partial charge is 0.451 e. The zero-order valence-corrected chi connectivity index (χ0v) is 18.0. The maximum absolute atomic E-state index is 12.7. The Bertz CT molecular complexity index is 1120. The summed E-state index contributed by atoms with van der Waals surface area (Å²) in [6.07, 6.45) is 0. The van der Waals surface area contributed by atoms with Crippen LogP contribution in [0.2, 0.25) is 0 Å². The van der Waals surface area contributed by atoms with Crippen LogP contribution in [-0.4, -0.2) is 34.8 Å². The van der Waals surface area contributed by atoms with E-state index in [1.165, 1.54) is 4.68 Å². The van der Waals surface area contributed by atoms with Gasteiger partial charge in [-0.25, -0.2) is 9.48 Å². The second-order valence-electron chi connectivity index (χ2n) is 7.97. The van der Waals surface area contributed by atoms with Gasteiger partial charge in [0.15, 0.2) is 12.3 Å². The van der Waals surface area contributed by atoms with E-state index < -0.39 is 18.5 Å². The van der Waals surface area contributed by atoms with E-state index in [-0.39, 0.29) is 23.1 Å². The van der Waals surface area contributed by atoms with Crippen LogP contribution in [-0.2, 0) is 16.1 Å². The number of hydrogen-bond donors (Lipinski definition) is 1. The molecule has 1 heterocycles. The standard InChI is InChI=1S/C24H27N3O4/c1-16(2)14-27-23(29)20-12-8-7-11-19(20)22(26-27)24(30)31-15-21(28)25-13-17(3)18-9-5-4-6-10-18/h4-12,16-17H,13-15H2,1-3H3,(H,25,28)/t17-/m1/s1. The number of carbonyl (C=O) groups excluding carboxylic acids is 2. The quantitative estimate of drug-likeness (QED) is 0.565. The van der Waals surface area contributed by atoms with Gasteiger partial charge in [-0.05, 0) is 23.5 Å². The second-order valence-corrected chi connectivity index (χ2v) is 7.97. The van der Waals surface area contributed by atoms with Gasteiger partial charge in [-0.3, -0.25) is 9.59 Å². The molecule has 1 amide bonds. The van der Waals surface area contributed by atoms with E-state index in [1.807, 2.05) is 51.1 Å². The van der Waals surface area contributed by atoms with Crippen LogP contribution >= 0.6 is 0 Å². The van der Waals surface area contributed by atoms with Gasteiger partial charge >= 0.3 is 5.97 Å². The molecule has 162 valence electrons. The summed E-state index contributed by atoms with van der Waals surface area (Å²) in [5.74, 6) is -0.824. The van der Waals surface area contributed by atoms with Crippen LogP contribution in [0.4, 0.5) is 0 Å². The van der Waals surface area contributed by atoms with Crippen molar-refractivity contribution in [3.63, 3.8) is 0 Å². The molecule has 7 nitrogen and oxygen atoms in total. The molecule has 0 aliphatic rings. The highest BCUT2D eigenvalue weighted by atomic mass is 16.5. The topological polar surface area (TPSA) is 90.3 Å². The third-order valence-corrected chi connectivity index (χ3v) is 4.91. The fourth-order valence-corrected chi connectivity index (χ4v) is 3.27. The lowest BCUT2D eigenvalue weighted by Crippen LogP contribution is -2.32. The smallest absolute Gasteiger partial charge is 0.359 e. The Kier molecular flexibility index (Phi) is 7.18. The number of carbonyl (C=O) groups is 2. The van der Waals surface area contributed by atoms with Gasteiger partial charge < -0.3 is 10.1 Å². The summed E-state index contributed by atoms with van der Waals surface area (Å²) in [7, 11) is 0. The second kappa shape index (κ2) is 10.0. The van der Waals surface area contributed by atoms with Crippen LogP contribution < -0.4 is 10.9 Å². The van der Waals surface area contributed by atoms with Crippen molar-refractivity contribution < 1.29 is 14.3 Å². The molecule has 0 bridgehead atoms. The van der Waals surface area contributed by atoms with Crippen LogP contribution in [0.5, 0.6) is 0 Å². The maximum Gasteiger partial charge on any atom is 0.359 e. The number of amides is 1. The van der Waals surface area contributed by atoms with Gasteiger partial charge in [0.05, 0.1) is 5.39 Å². The lowest BCUT2D eigenvalue weighted by atomic mass is 10.0. The summed E-state index contributed by atoms with van der Waals surface area (Å²) >= 11 is 0. The summed E-state index contributed by atoms with van der Waals surface area (Å²) in [4.78, 5) is 37.5. The summed E-state index contributed by atoms with van der Waals surface area (Å²) in [6, 6.07) is 16.6. The van der Waals surface area contributed by atoms with Crippen LogP contribution in [0.3, 0.4) is 0 Å². The Labute approximate surface area is 181 Å². The number of nitrogens with zero attached hydrogens (tertiary/aromatic N) is 2. The summed E-state index contributed by atoms with van der Waals surface area (Å²) in [6.45, 7) is 6.32. The lowest BCUT2D eigenvalue weighted by Gasteiger charge is -2.14. The molecular weight excluding hydrogens is 394 g/mol. The minimum Gasteiger partial charge on any atom is -0.451 e. The van der Waals surface area contributed by atoms with Crippen LogP contribution in [0, 0.1) is 5.92 Å². The van der Waals surface area contributed by atoms with Crippen LogP contribution in [0.15, 0.2) is 59.4 Å². The van der Waals surface area contributed by atoms with Crippen molar-refractivity contribution >= 4 is 22.6 Å². The third kappa shape index (κ3) is 5.57. The van der Waals surface area contributed by atoms with Crippen molar-refractivity contribution in [2.24, 2.45) is 5.92 Å². The Morgan fingerprint density at radius 1 is 1.00 bits per heavy atom. The van der Waals surface area contributed by atoms with E-state index in [4.69, 9.17) is 4.74 Å². The molecule has 0 fully saturated rings. The molecule has 0 saturated heterocycles. The maximum atomic E-state index is 12.7. The molecule has 0 spiro atoms. The van der Waals surface area contributed by atoms with Crippen molar-refractivity contribution in [1.29, 1.82) is 0 Å². The van der Waals surface area contributed by atoms with Gasteiger partial charge in [-0.1, -0.05) is 69.3 Å². The molecule has 0 radical (unpaired) electrons. The van der Waals surface area contributed by atoms with Gasteiger partial charge in [0.1, 0.15) is 0 Å². The molecule has 3 rings (SSSR count). The average molecular weight is 421 g/mol. The molecule has 0 aliphatic heterocycles. The first-order chi connectivity index (χ1) is 14.9. The highest BCUT2D eigenvalue weighted by Crippen LogP contribution is 2.15. The number of esters is 1. The molecule has 3 aromatic rings. The molecule has 1 aromatic heterocycles. The lowest BCUT2D eigenvalue weighted by molar-refractivity contribution is -0.124. The molecular formula is C24H27N3O4. The average Bonchev–Trinajstić information content (AvgIpc) is 2.78. The normalized spacial score (nSPS) is 12.0. The van der Waals surface area contributed by atoms with E-state index in [0.29, 0.717) is 23.9 Å². The Morgan fingerprint density at radius 2 is 1.65 bits per heavy atom. The number of ether oxygens (including phenoxy) is 1. The summed E-state index contributed by atoms with van der Waals surface area (Å²) < 4.78 is 6.49. The van der Waals surface area contributed by atoms with E-state index in [0.717, 1.165) is 5.56 Å². The molecule has 1 atom stereocenters. The van der Waals surface area contributed by atoms with Gasteiger partial charge in [-0.2, -0.15) is 5.10 Å². The Morgan fingerprint density at radius 3 is 2.32 bits per heavy atom. The predicted octanol–water partition coefficient (Wildman–Crippen LogP) is 3.13. The van der Waals surface area contributed by atoms with Crippen molar-refractivity contribution in [3.8, 4) is 0 Å². The third-order valence-electron chi connectivity index (χ3n) is 4.91. The fraction of sp³-hybridized carbons (Fsp3) is 0.333. The van der Waals surface area contributed by atoms with E-state index >= 15 is 0 Å². The molecule has 2 aromatic carbocycles. The number of nitrogens with one attached hydrogen (secondary N) is 1. The van der Waals surface area contributed by atoms with Gasteiger partial charge in [-0.15, -0.1) is 0 Å². The van der Waals surface area contributed by atoms with Crippen molar-refractivity contribution in [2.75, 3.05) is 13.2 Å². The SMILES string of the molecule is CC(C)Cn1nc(C(=O)OCC(=O)NC[C@@H](C)c2ccccc2)c2ccccc2c1=O. The van der Waals surface area contributed by atoms with Crippen molar-refractivity contribution in [2.45, 2.75) is 33.2 Å². The van der Waals surface area contributed by atoms with Crippen LogP contribution in [0.25, 0.3) is 10.8 Å². The van der Waals surface area contributed by atoms with E-state index in [2.05, 4.69) is 10.4 Å². The van der Waals surface area contributed by atoms with Gasteiger partial charge in [0, 0.05) is 18.5 Å². The Hall–Kier alpha value is -3.48. The monoisotopic (exact) mass is 421 g/mol. The fourth-order valence-electron chi connectivity index (χ4n) is 3.27. The zero-order valence-electron chi connectivity index (χ0n) is 18.0. The number of fused-ring (bicyclic) bond motifs is 1. The number of rotatable bonds is 8. The first-order valence-electron chi connectivity index (χ1n) is 10.4. The molecule has 0 saturated carbocycles. The summed E-state index contributed by atoms with van der Waals surface area (Å²) in [5.41, 5.74) is 0.887. The van der Waals surface area contributed by atoms with Gasteiger partial charge in [0.25, 0.3) is 11.5 Å². The predicted molar refractivity (Wildman–Crippen MR) is 119 cm³/mol. The van der Waals surface area contributed by atoms with Crippen molar-refractivity contribution in [3.05, 3.63) is 76.2 Å². The number of hydrogen-bond acceptors (Lipinski definition) is 5. The van der Waals surface area contributed by atoms with E-state index in [9.17, 15) is 14.4 Å². The van der Waals surface area contributed by atoms with Crippen molar-refractivity contribution in [1.82, 2.24) is 15.1 Å². The highest BCUT2D eigenvalue weighted by Gasteiger charge is 2.19. The molecule has 1 N–H and O–H groups in total. The molecule has 7 heteroatoms. The molecule has 0 aliphatic carbocycles. The number of benzene rings is 2. The highest BCUT2D eigenvalue weighted by molar-refractivity contribution is 6.02. The van der Waals surface area contributed by atoms with Crippen LogP contribution in [0.1, 0.15) is 42.7 Å². The zero-order chi connectivity index (χ0) is 22.4.